The molecule has 0 aromatic carbocycles. The highest BCUT2D eigenvalue weighted by atomic mass is 16.0. The molecule has 9 nitrogen and oxygen atoms in total. The van der Waals surface area contributed by atoms with E-state index in [4.69, 9.17) is 5.73 Å². The molecule has 0 fully saturated rings. The third-order valence-electron chi connectivity index (χ3n) is 1.25. The first-order chi connectivity index (χ1) is 4.88. The van der Waals surface area contributed by atoms with Crippen LogP contribution in [0, 0.1) is 0 Å². The third kappa shape index (κ3) is 2.60. The van der Waals surface area contributed by atoms with Crippen LogP contribution >= 0.6 is 0 Å². The number of nitrogen functional groups attached to an aromatic ring is 1. The van der Waals surface area contributed by atoms with Gasteiger partial charge in [-0.3, -0.25) is 0 Å². The van der Waals surface area contributed by atoms with E-state index < -0.39 is 0 Å². The van der Waals surface area contributed by atoms with Crippen molar-refractivity contribution in [2.24, 2.45) is 0 Å². The maximum Gasteiger partial charge on any atom is 0.182 e. The van der Waals surface area contributed by atoms with Crippen molar-refractivity contribution >= 4 is 17.0 Å². The Morgan fingerprint density at radius 3 is 2.21 bits per heavy atom. The second-order valence-corrected chi connectivity index (χ2v) is 1.86. The van der Waals surface area contributed by atoms with Crippen LogP contribution in [0.5, 0.6) is 0 Å². The molecule has 82 valence electrons. The van der Waals surface area contributed by atoms with E-state index in [1.54, 1.807) is 0 Å². The number of rotatable bonds is 0. The van der Waals surface area contributed by atoms with Gasteiger partial charge < -0.3 is 32.6 Å². The molecule has 0 bridgehead atoms. The molecule has 0 aliphatic rings. The number of aromatic nitrogens is 4. The number of H-pyrrole nitrogens is 1. The first-order valence-corrected chi connectivity index (χ1v) is 2.77. The fourth-order valence-corrected chi connectivity index (χ4v) is 0.784. The highest BCUT2D eigenvalue weighted by molar-refractivity contribution is 5.80. The van der Waals surface area contributed by atoms with Gasteiger partial charge in [-0.2, -0.15) is 0 Å². The van der Waals surface area contributed by atoms with Crippen molar-refractivity contribution in [2.45, 2.75) is 0 Å². The van der Waals surface area contributed by atoms with Gasteiger partial charge in [0.2, 0.25) is 0 Å². The predicted octanol–water partition coefficient (Wildman–Crippen LogP) is -3.36. The van der Waals surface area contributed by atoms with Crippen LogP contribution in [0.15, 0.2) is 12.7 Å². The molecule has 0 amide bonds. The van der Waals surface area contributed by atoms with Crippen LogP contribution in [0.3, 0.4) is 0 Å². The van der Waals surface area contributed by atoms with Gasteiger partial charge in [0.15, 0.2) is 11.5 Å². The minimum absolute atomic E-state index is 0. The smallest absolute Gasteiger partial charge is 0.182 e. The second kappa shape index (κ2) is 6.68. The van der Waals surface area contributed by atoms with Crippen molar-refractivity contribution in [3.05, 3.63) is 12.7 Å². The zero-order valence-corrected chi connectivity index (χ0v) is 7.07. The van der Waals surface area contributed by atoms with E-state index >= 15 is 0 Å². The van der Waals surface area contributed by atoms with E-state index in [9.17, 15) is 0 Å². The lowest BCUT2D eigenvalue weighted by atomic mass is 10.5. The molecule has 0 saturated carbocycles. The first kappa shape index (κ1) is 18.1. The number of hydrogen-bond donors (Lipinski definition) is 2. The topological polar surface area (TPSA) is 206 Å². The summed E-state index contributed by atoms with van der Waals surface area (Å²) in [4.78, 5) is 14.4. The Hall–Kier alpha value is -1.81. The minimum atomic E-state index is 0. The first-order valence-electron chi connectivity index (χ1n) is 2.77. The van der Waals surface area contributed by atoms with E-state index in [0.29, 0.717) is 17.0 Å². The van der Waals surface area contributed by atoms with Crippen molar-refractivity contribution in [2.75, 3.05) is 5.73 Å². The summed E-state index contributed by atoms with van der Waals surface area (Å²) < 4.78 is 0. The van der Waals surface area contributed by atoms with E-state index in [0.717, 1.165) is 0 Å². The lowest BCUT2D eigenvalue weighted by Gasteiger charge is -1.89. The molecule has 9 heteroatoms. The lowest BCUT2D eigenvalue weighted by molar-refractivity contribution is 0.823. The Morgan fingerprint density at radius 2 is 1.64 bits per heavy atom. The van der Waals surface area contributed by atoms with E-state index in [1.807, 2.05) is 0 Å². The number of imidazole rings is 1. The van der Waals surface area contributed by atoms with Crippen LogP contribution in [0.4, 0.5) is 5.82 Å². The predicted molar refractivity (Wildman–Crippen MR) is 50.6 cm³/mol. The van der Waals surface area contributed by atoms with Gasteiger partial charge in [-0.15, -0.1) is 0 Å². The molecule has 2 aromatic rings. The summed E-state index contributed by atoms with van der Waals surface area (Å²) in [5.41, 5.74) is 6.78. The molecular formula is C5H13N5O4. The van der Waals surface area contributed by atoms with E-state index in [1.165, 1.54) is 12.7 Å². The highest BCUT2D eigenvalue weighted by Gasteiger charge is 1.99. The van der Waals surface area contributed by atoms with E-state index in [2.05, 4.69) is 19.9 Å². The molecule has 0 unspecified atom stereocenters. The minimum Gasteiger partial charge on any atom is -0.412 e. The zero-order valence-electron chi connectivity index (χ0n) is 7.07. The lowest BCUT2D eigenvalue weighted by Crippen LogP contribution is -1.91. The Labute approximate surface area is 78.2 Å². The molecule has 0 atom stereocenters. The van der Waals surface area contributed by atoms with Crippen LogP contribution in [-0.4, -0.2) is 41.8 Å². The molecule has 2 heterocycles. The number of hydrogen-bond acceptors (Lipinski definition) is 4. The zero-order chi connectivity index (χ0) is 6.97. The van der Waals surface area contributed by atoms with Crippen LogP contribution in [0.1, 0.15) is 0 Å². The molecule has 14 heavy (non-hydrogen) atoms. The second-order valence-electron chi connectivity index (χ2n) is 1.86. The van der Waals surface area contributed by atoms with Crippen molar-refractivity contribution in [1.29, 1.82) is 0 Å². The van der Waals surface area contributed by atoms with Crippen molar-refractivity contribution < 1.29 is 21.9 Å². The highest BCUT2D eigenvalue weighted by Crippen LogP contribution is 2.09. The summed E-state index contributed by atoms with van der Waals surface area (Å²) in [5, 5.41) is 0. The normalized spacial score (nSPS) is 7.43. The number of fused-ring (bicyclic) bond motifs is 1. The summed E-state index contributed by atoms with van der Waals surface area (Å²) in [6, 6.07) is 0. The van der Waals surface area contributed by atoms with Crippen LogP contribution in [-0.2, 0) is 0 Å². The number of anilines is 1. The van der Waals surface area contributed by atoms with Crippen molar-refractivity contribution in [3.8, 4) is 0 Å². The maximum atomic E-state index is 5.48. The Balaban J connectivity index is -0.000000302. The Kier molecular flexibility index (Phi) is 8.62. The van der Waals surface area contributed by atoms with Crippen molar-refractivity contribution in [1.82, 2.24) is 19.9 Å². The van der Waals surface area contributed by atoms with Crippen LogP contribution < -0.4 is 5.73 Å². The van der Waals surface area contributed by atoms with Gasteiger partial charge in [-0.1, -0.05) is 0 Å². The largest absolute Gasteiger partial charge is 0.412 e. The fraction of sp³-hybridized carbons (Fsp3) is 0. The van der Waals surface area contributed by atoms with Gasteiger partial charge >= 0.3 is 0 Å². The monoisotopic (exact) mass is 207 g/mol. The number of nitrogens with two attached hydrogens (primary N) is 1. The number of nitrogens with zero attached hydrogens (tertiary/aromatic N) is 3. The average molecular weight is 207 g/mol. The third-order valence-corrected chi connectivity index (χ3v) is 1.25. The molecule has 2 aromatic heterocycles. The Bertz CT molecular complexity index is 364. The average Bonchev–Trinajstić information content (AvgIpc) is 2.36. The summed E-state index contributed by atoms with van der Waals surface area (Å²) >= 11 is 0. The van der Waals surface area contributed by atoms with Gasteiger partial charge in [0.05, 0.1) is 6.33 Å². The van der Waals surface area contributed by atoms with Gasteiger partial charge in [0, 0.05) is 0 Å². The molecule has 2 rings (SSSR count). The summed E-state index contributed by atoms with van der Waals surface area (Å²) in [7, 11) is 0. The molecule has 0 aliphatic heterocycles. The molecule has 0 radical (unpaired) electrons. The fourth-order valence-electron chi connectivity index (χ4n) is 0.784. The Morgan fingerprint density at radius 1 is 1.00 bits per heavy atom. The van der Waals surface area contributed by atoms with Gasteiger partial charge in [-0.25, -0.2) is 15.0 Å². The quantitative estimate of drug-likeness (QED) is 0.453. The van der Waals surface area contributed by atoms with Crippen LogP contribution in [0.2, 0.25) is 0 Å². The number of nitrogens with one attached hydrogen (secondary N) is 1. The number of aromatic amines is 1. The maximum absolute atomic E-state index is 5.48. The van der Waals surface area contributed by atoms with Gasteiger partial charge in [-0.05, 0) is 0 Å². The summed E-state index contributed by atoms with van der Waals surface area (Å²) in [5.74, 6) is 0.433. The molecule has 0 aliphatic carbocycles. The standard InChI is InChI=1S/C5H5N5.4H2O/c6-4-3-5(9-1-7-3)10-2-8-4;;;;/h1-2H,(H3,6,7,8,9,10);4*1H2. The molecule has 11 N–H and O–H groups in total. The SMILES string of the molecule is Nc1ncnc2nc[nH]c12.O.O.O.O. The van der Waals surface area contributed by atoms with Gasteiger partial charge in [0.25, 0.3) is 0 Å². The van der Waals surface area contributed by atoms with Crippen molar-refractivity contribution in [3.63, 3.8) is 0 Å². The summed E-state index contributed by atoms with van der Waals surface area (Å²) in [6.07, 6.45) is 2.92. The van der Waals surface area contributed by atoms with Gasteiger partial charge in [0.1, 0.15) is 11.8 Å². The summed E-state index contributed by atoms with van der Waals surface area (Å²) in [6.45, 7) is 0. The molecule has 0 spiro atoms. The molecular weight excluding hydrogens is 194 g/mol. The van der Waals surface area contributed by atoms with Crippen LogP contribution in [0.25, 0.3) is 11.2 Å². The molecule has 0 saturated heterocycles. The van der Waals surface area contributed by atoms with E-state index in [-0.39, 0.29) is 21.9 Å².